The Hall–Kier alpha value is -1.09. The zero-order valence-corrected chi connectivity index (χ0v) is 13.1. The average molecular weight is 275 g/mol. The second-order valence-corrected chi connectivity index (χ2v) is 7.41. The molecule has 0 bridgehead atoms. The van der Waals surface area contributed by atoms with Gasteiger partial charge in [-0.3, -0.25) is 4.79 Å². The second-order valence-electron chi connectivity index (χ2n) is 7.41. The molecule has 3 nitrogen and oxygen atoms in total. The van der Waals surface area contributed by atoms with Gasteiger partial charge in [-0.05, 0) is 44.1 Å². The Kier molecular flexibility index (Phi) is 3.09. The lowest BCUT2D eigenvalue weighted by atomic mass is 9.76. The smallest absolute Gasteiger partial charge is 0.165 e. The van der Waals surface area contributed by atoms with Crippen molar-refractivity contribution in [2.75, 3.05) is 7.11 Å². The lowest BCUT2D eigenvalue weighted by Crippen LogP contribution is -2.44. The number of nitrogens with zero attached hydrogens (tertiary/aromatic N) is 1. The molecular weight excluding hydrogens is 250 g/mol. The Morgan fingerprint density at radius 1 is 1.30 bits per heavy atom. The molecule has 0 saturated heterocycles. The molecule has 0 aromatic carbocycles. The van der Waals surface area contributed by atoms with Crippen LogP contribution in [0, 0.1) is 12.3 Å². The van der Waals surface area contributed by atoms with E-state index >= 15 is 0 Å². The third-order valence-electron chi connectivity index (χ3n) is 5.15. The van der Waals surface area contributed by atoms with Crippen LogP contribution in [0.2, 0.25) is 0 Å². The predicted molar refractivity (Wildman–Crippen MR) is 79.2 cm³/mol. The second kappa shape index (κ2) is 4.45. The molecule has 110 valence electrons. The molecule has 3 rings (SSSR count). The lowest BCUT2D eigenvalue weighted by molar-refractivity contribution is -0.0843. The molecule has 0 unspecified atom stereocenters. The minimum atomic E-state index is 0.00217. The van der Waals surface area contributed by atoms with Gasteiger partial charge in [0.2, 0.25) is 0 Å². The summed E-state index contributed by atoms with van der Waals surface area (Å²) in [6.45, 7) is 7.39. The molecule has 2 aliphatic carbocycles. The topological polar surface area (TPSA) is 31.2 Å². The molecule has 0 aliphatic heterocycles. The first kappa shape index (κ1) is 13.9. The maximum Gasteiger partial charge on any atom is 0.165 e. The van der Waals surface area contributed by atoms with E-state index in [4.69, 9.17) is 4.74 Å². The summed E-state index contributed by atoms with van der Waals surface area (Å²) in [6.07, 6.45) is 5.17. The largest absolute Gasteiger partial charge is 0.376 e. The molecule has 0 amide bonds. The van der Waals surface area contributed by atoms with E-state index in [0.29, 0.717) is 12.2 Å². The number of Topliss-reactive ketones (excluding diaryl/α,β-unsaturated/α-hetero) is 1. The first-order valence-corrected chi connectivity index (χ1v) is 7.63. The fraction of sp³-hybridized carbons (Fsp3) is 0.706. The van der Waals surface area contributed by atoms with Crippen molar-refractivity contribution in [2.45, 2.75) is 65.0 Å². The van der Waals surface area contributed by atoms with E-state index in [1.807, 2.05) is 7.11 Å². The molecule has 20 heavy (non-hydrogen) atoms. The minimum Gasteiger partial charge on any atom is -0.376 e. The highest BCUT2D eigenvalue weighted by Crippen LogP contribution is 2.40. The third kappa shape index (κ3) is 2.12. The third-order valence-corrected chi connectivity index (χ3v) is 5.15. The van der Waals surface area contributed by atoms with Crippen molar-refractivity contribution in [3.63, 3.8) is 0 Å². The number of rotatable bonds is 3. The van der Waals surface area contributed by atoms with Crippen molar-refractivity contribution in [1.29, 1.82) is 0 Å². The van der Waals surface area contributed by atoms with Crippen molar-refractivity contribution in [1.82, 2.24) is 4.57 Å². The number of carbonyl (C=O) groups is 1. The van der Waals surface area contributed by atoms with Gasteiger partial charge in [-0.25, -0.2) is 0 Å². The van der Waals surface area contributed by atoms with Crippen molar-refractivity contribution >= 4 is 5.78 Å². The number of hydrogen-bond acceptors (Lipinski definition) is 2. The van der Waals surface area contributed by atoms with Crippen LogP contribution in [-0.4, -0.2) is 23.1 Å². The Morgan fingerprint density at radius 2 is 2.00 bits per heavy atom. The number of carbonyl (C=O) groups excluding carboxylic acids is 1. The minimum absolute atomic E-state index is 0.00217. The Bertz CT molecular complexity index is 544. The maximum absolute atomic E-state index is 12.3. The van der Waals surface area contributed by atoms with Crippen LogP contribution in [0.15, 0.2) is 6.07 Å². The highest BCUT2D eigenvalue weighted by atomic mass is 16.5. The number of hydrogen-bond donors (Lipinski definition) is 0. The van der Waals surface area contributed by atoms with Crippen LogP contribution in [0.3, 0.4) is 0 Å². The predicted octanol–water partition coefficient (Wildman–Crippen LogP) is 3.52. The Labute approximate surface area is 121 Å². The summed E-state index contributed by atoms with van der Waals surface area (Å²) in [7, 11) is 1.82. The van der Waals surface area contributed by atoms with Gasteiger partial charge in [-0.1, -0.05) is 13.8 Å². The molecule has 0 atom stereocenters. The van der Waals surface area contributed by atoms with Crippen LogP contribution in [0.5, 0.6) is 0 Å². The summed E-state index contributed by atoms with van der Waals surface area (Å²) >= 11 is 0. The Morgan fingerprint density at radius 3 is 2.55 bits per heavy atom. The standard InChI is InChI=1S/C17H25NO2/c1-12-8-13-14(9-16(2,3)10-15(13)19)18(12)11-17(20-4)6-5-7-17/h8H,5-7,9-11H2,1-4H3. The van der Waals surface area contributed by atoms with Crippen LogP contribution >= 0.6 is 0 Å². The van der Waals surface area contributed by atoms with Gasteiger partial charge in [0.15, 0.2) is 5.78 Å². The van der Waals surface area contributed by atoms with Gasteiger partial charge in [0, 0.05) is 30.5 Å². The van der Waals surface area contributed by atoms with Crippen LogP contribution < -0.4 is 0 Å². The van der Waals surface area contributed by atoms with Crippen molar-refractivity contribution in [3.05, 3.63) is 23.0 Å². The van der Waals surface area contributed by atoms with Gasteiger partial charge >= 0.3 is 0 Å². The van der Waals surface area contributed by atoms with E-state index in [1.165, 1.54) is 17.8 Å². The van der Waals surface area contributed by atoms with Gasteiger partial charge in [0.05, 0.1) is 12.1 Å². The van der Waals surface area contributed by atoms with Crippen molar-refractivity contribution in [2.24, 2.45) is 5.41 Å². The van der Waals surface area contributed by atoms with Crippen molar-refractivity contribution < 1.29 is 9.53 Å². The molecule has 1 saturated carbocycles. The fourth-order valence-electron chi connectivity index (χ4n) is 3.71. The molecule has 3 heteroatoms. The zero-order chi connectivity index (χ0) is 14.5. The molecule has 2 aliphatic rings. The van der Waals surface area contributed by atoms with Gasteiger partial charge in [-0.15, -0.1) is 0 Å². The number of aryl methyl sites for hydroxylation is 1. The van der Waals surface area contributed by atoms with Gasteiger partial charge in [-0.2, -0.15) is 0 Å². The van der Waals surface area contributed by atoms with E-state index in [9.17, 15) is 4.79 Å². The van der Waals surface area contributed by atoms with Crippen molar-refractivity contribution in [3.8, 4) is 0 Å². The first-order chi connectivity index (χ1) is 9.36. The molecule has 1 aromatic heterocycles. The Balaban J connectivity index is 1.98. The number of ketones is 1. The molecule has 0 spiro atoms. The quantitative estimate of drug-likeness (QED) is 0.845. The summed E-state index contributed by atoms with van der Waals surface area (Å²) in [4.78, 5) is 12.3. The van der Waals surface area contributed by atoms with E-state index in [1.54, 1.807) is 0 Å². The number of aromatic nitrogens is 1. The summed E-state index contributed by atoms with van der Waals surface area (Å²) in [5.74, 6) is 0.304. The summed E-state index contributed by atoms with van der Waals surface area (Å²) in [5, 5.41) is 0. The maximum atomic E-state index is 12.3. The number of fused-ring (bicyclic) bond motifs is 1. The van der Waals surface area contributed by atoms with E-state index < -0.39 is 0 Å². The van der Waals surface area contributed by atoms with Gasteiger partial charge < -0.3 is 9.30 Å². The van der Waals surface area contributed by atoms with Gasteiger partial charge in [0.25, 0.3) is 0 Å². The fourth-order valence-corrected chi connectivity index (χ4v) is 3.71. The first-order valence-electron chi connectivity index (χ1n) is 7.63. The molecule has 1 aromatic rings. The van der Waals surface area contributed by atoms with Crippen LogP contribution in [0.1, 0.15) is 61.3 Å². The highest BCUT2D eigenvalue weighted by Gasteiger charge is 2.40. The molecule has 0 N–H and O–H groups in total. The lowest BCUT2D eigenvalue weighted by Gasteiger charge is -2.42. The SMILES string of the molecule is COC1(Cn2c(C)cc3c2CC(C)(C)CC3=O)CCC1. The number of methoxy groups -OCH3 is 1. The number of ether oxygens (including phenoxy) is 1. The molecule has 1 heterocycles. The van der Waals surface area contributed by atoms with Crippen LogP contribution in [0.25, 0.3) is 0 Å². The zero-order valence-electron chi connectivity index (χ0n) is 13.1. The molecule has 0 radical (unpaired) electrons. The van der Waals surface area contributed by atoms with Crippen LogP contribution in [-0.2, 0) is 17.7 Å². The summed E-state index contributed by atoms with van der Waals surface area (Å²) in [5.41, 5.74) is 3.46. The van der Waals surface area contributed by atoms with E-state index in [-0.39, 0.29) is 11.0 Å². The monoisotopic (exact) mass is 275 g/mol. The summed E-state index contributed by atoms with van der Waals surface area (Å²) in [6, 6.07) is 2.08. The normalized spacial score (nSPS) is 23.3. The van der Waals surface area contributed by atoms with E-state index in [2.05, 4.69) is 31.4 Å². The molecule has 1 fully saturated rings. The van der Waals surface area contributed by atoms with Crippen LogP contribution in [0.4, 0.5) is 0 Å². The highest BCUT2D eigenvalue weighted by molar-refractivity contribution is 5.99. The van der Waals surface area contributed by atoms with E-state index in [0.717, 1.165) is 31.4 Å². The van der Waals surface area contributed by atoms with Gasteiger partial charge in [0.1, 0.15) is 0 Å². The summed E-state index contributed by atoms with van der Waals surface area (Å²) < 4.78 is 8.11. The average Bonchev–Trinajstić information content (AvgIpc) is 2.60. The molecular formula is C17H25NO2.